The molecule has 252 valence electrons. The summed E-state index contributed by atoms with van der Waals surface area (Å²) >= 11 is 17.1. The Morgan fingerprint density at radius 3 is 1.89 bits per heavy atom. The fourth-order valence-electron chi connectivity index (χ4n) is 4.90. The highest BCUT2D eigenvalue weighted by Crippen LogP contribution is 2.37. The van der Waals surface area contributed by atoms with Gasteiger partial charge in [-0.25, -0.2) is 26.8 Å². The molecule has 0 unspecified atom stereocenters. The number of benzene rings is 2. The number of aliphatic hydroxyl groups is 2. The van der Waals surface area contributed by atoms with Crippen LogP contribution >= 0.6 is 34.8 Å². The van der Waals surface area contributed by atoms with Gasteiger partial charge in [-0.1, -0.05) is 34.8 Å². The number of rotatable bonds is 9. The molecular weight excluding hydrogens is 703 g/mol. The van der Waals surface area contributed by atoms with Gasteiger partial charge in [0.05, 0.1) is 56.6 Å². The zero-order valence-electron chi connectivity index (χ0n) is 25.0. The number of likely N-dealkylation sites (tertiary alicyclic amines) is 1. The highest BCUT2D eigenvalue weighted by molar-refractivity contribution is 7.91. The summed E-state index contributed by atoms with van der Waals surface area (Å²) in [6.45, 7) is 5.36. The summed E-state index contributed by atoms with van der Waals surface area (Å²) in [5, 5.41) is 20.6. The normalized spacial score (nSPS) is 15.3. The van der Waals surface area contributed by atoms with Crippen molar-refractivity contribution in [2.24, 2.45) is 0 Å². The number of nitrogens with one attached hydrogen (secondary N) is 3. The predicted molar refractivity (Wildman–Crippen MR) is 177 cm³/mol. The third-order valence-electron chi connectivity index (χ3n) is 7.42. The van der Waals surface area contributed by atoms with Crippen LogP contribution in [0.3, 0.4) is 0 Å². The summed E-state index contributed by atoms with van der Waals surface area (Å²) in [4.78, 5) is 29.1. The number of aromatic nitrogens is 4. The molecule has 0 aliphatic carbocycles. The van der Waals surface area contributed by atoms with Crippen LogP contribution in [-0.4, -0.2) is 108 Å². The molecule has 5 rings (SSSR count). The number of aromatic amines is 2. The smallest absolute Gasteiger partial charge is 0.287 e. The van der Waals surface area contributed by atoms with Crippen LogP contribution in [0.4, 0.5) is 0 Å². The predicted octanol–water partition coefficient (Wildman–Crippen LogP) is 3.09. The number of carbonyl (C=O) groups excluding carboxylic acids is 1. The number of aliphatic hydroxyl groups excluding tert-OH is 2. The third kappa shape index (κ3) is 8.89. The number of amides is 1. The average Bonchev–Trinajstić information content (AvgIpc) is 3.62. The van der Waals surface area contributed by atoms with E-state index < -0.39 is 36.7 Å². The number of imidazole rings is 2. The van der Waals surface area contributed by atoms with Crippen molar-refractivity contribution in [3.05, 3.63) is 48.0 Å². The van der Waals surface area contributed by atoms with E-state index in [1.807, 2.05) is 0 Å². The molecule has 1 fully saturated rings. The quantitative estimate of drug-likeness (QED) is 0.159. The number of hydrogen-bond acceptors (Lipinski definition) is 10. The second kappa shape index (κ2) is 14.7. The maximum Gasteiger partial charge on any atom is 0.287 e. The Kier molecular flexibility index (Phi) is 11.6. The highest BCUT2D eigenvalue weighted by atomic mass is 35.6. The maximum absolute atomic E-state index is 12.5. The van der Waals surface area contributed by atoms with Crippen LogP contribution in [0.25, 0.3) is 22.1 Å². The summed E-state index contributed by atoms with van der Waals surface area (Å²) in [6, 6.07) is 9.38. The third-order valence-corrected chi connectivity index (χ3v) is 11.3. The number of H-pyrrole nitrogens is 2. The van der Waals surface area contributed by atoms with E-state index in [9.17, 15) is 21.6 Å². The fourth-order valence-corrected chi connectivity index (χ4v) is 7.26. The number of carbonyl (C=O) groups is 1. The molecule has 2 aromatic carbocycles. The van der Waals surface area contributed by atoms with Crippen molar-refractivity contribution in [3.8, 4) is 0 Å². The molecule has 0 saturated carbocycles. The van der Waals surface area contributed by atoms with E-state index >= 15 is 0 Å². The van der Waals surface area contributed by atoms with E-state index in [1.165, 1.54) is 30.3 Å². The highest BCUT2D eigenvalue weighted by Gasteiger charge is 2.28. The van der Waals surface area contributed by atoms with Gasteiger partial charge in [0, 0.05) is 25.2 Å². The molecule has 1 aliphatic rings. The van der Waals surface area contributed by atoms with Crippen molar-refractivity contribution in [2.45, 2.75) is 52.4 Å². The Hall–Kier alpha value is -2.50. The van der Waals surface area contributed by atoms with Crippen LogP contribution < -0.4 is 5.32 Å². The second-order valence-corrected chi connectivity index (χ2v) is 17.5. The molecule has 1 saturated heterocycles. The first-order valence-electron chi connectivity index (χ1n) is 14.3. The van der Waals surface area contributed by atoms with Gasteiger partial charge in [-0.3, -0.25) is 4.79 Å². The summed E-state index contributed by atoms with van der Waals surface area (Å²) in [7, 11) is -7.08. The Bertz CT molecular complexity index is 1900. The van der Waals surface area contributed by atoms with Gasteiger partial charge < -0.3 is 30.4 Å². The van der Waals surface area contributed by atoms with Crippen molar-refractivity contribution in [2.75, 3.05) is 37.8 Å². The van der Waals surface area contributed by atoms with Crippen molar-refractivity contribution >= 4 is 82.5 Å². The second-order valence-electron chi connectivity index (χ2n) is 11.0. The summed E-state index contributed by atoms with van der Waals surface area (Å²) in [5.41, 5.74) is 1.94. The van der Waals surface area contributed by atoms with E-state index in [2.05, 4.69) is 44.0 Å². The zero-order valence-corrected chi connectivity index (χ0v) is 28.9. The number of fused-ring (bicyclic) bond motifs is 2. The minimum absolute atomic E-state index is 0.0774. The number of alkyl halides is 3. The molecule has 18 heteroatoms. The SMILES string of the molecule is CC(C)N1CCC(NC(=O)c2nc3ccc(S(=O)(=O)CCO)cc3[nH]2)CC1.O=S(=O)(CCO)c1ccc2nc(C(Cl)(Cl)Cl)[nH]c2c1. The van der Waals surface area contributed by atoms with Crippen molar-refractivity contribution < 1.29 is 31.8 Å². The number of hydrogen-bond donors (Lipinski definition) is 5. The molecular formula is C28H35Cl3N6O7S2. The first-order chi connectivity index (χ1) is 21.5. The first kappa shape index (κ1) is 36.3. The van der Waals surface area contributed by atoms with Crippen molar-refractivity contribution in [1.29, 1.82) is 0 Å². The average molecular weight is 738 g/mol. The largest absolute Gasteiger partial charge is 0.395 e. The topological polar surface area (TPSA) is 198 Å². The molecule has 1 aliphatic heterocycles. The van der Waals surface area contributed by atoms with E-state index in [-0.39, 0.29) is 44.9 Å². The van der Waals surface area contributed by atoms with Gasteiger partial charge in [-0.15, -0.1) is 0 Å². The lowest BCUT2D eigenvalue weighted by Gasteiger charge is -2.34. The number of piperidine rings is 1. The Balaban J connectivity index is 0.000000222. The molecule has 0 atom stereocenters. The molecule has 3 heterocycles. The Morgan fingerprint density at radius 2 is 1.41 bits per heavy atom. The number of halogens is 3. The first-order valence-corrected chi connectivity index (χ1v) is 18.8. The van der Waals surface area contributed by atoms with Gasteiger partial charge in [0.25, 0.3) is 5.91 Å². The fraction of sp³-hybridized carbons (Fsp3) is 0.464. The maximum atomic E-state index is 12.5. The lowest BCUT2D eigenvalue weighted by atomic mass is 10.0. The molecule has 1 amide bonds. The van der Waals surface area contributed by atoms with Gasteiger partial charge >= 0.3 is 0 Å². The van der Waals surface area contributed by atoms with E-state index in [4.69, 9.17) is 45.0 Å². The molecule has 13 nitrogen and oxygen atoms in total. The van der Waals surface area contributed by atoms with Gasteiger partial charge in [-0.2, -0.15) is 0 Å². The van der Waals surface area contributed by atoms with Crippen LogP contribution in [0.15, 0.2) is 46.2 Å². The lowest BCUT2D eigenvalue weighted by molar-refractivity contribution is 0.0891. The lowest BCUT2D eigenvalue weighted by Crippen LogP contribution is -2.46. The van der Waals surface area contributed by atoms with Gasteiger partial charge in [0.15, 0.2) is 31.3 Å². The van der Waals surface area contributed by atoms with Crippen LogP contribution in [0, 0.1) is 0 Å². The standard InChI is InChI=1S/C18H26N4O4S.C10H9Cl3N2O3S/c1-12(2)22-7-5-13(6-8-22)19-18(24)17-20-15-4-3-14(11-16(15)21-17)27(25,26)10-9-23;11-10(12,13)9-14-7-2-1-6(5-8(7)15-9)19(17,18)4-3-16/h3-4,11-13,23H,5-10H2,1-2H3,(H,19,24)(H,20,21);1-2,5,16H,3-4H2,(H,14,15). The number of nitrogens with zero attached hydrogens (tertiary/aromatic N) is 3. The molecule has 46 heavy (non-hydrogen) atoms. The van der Waals surface area contributed by atoms with Gasteiger partial charge in [-0.05, 0) is 63.1 Å². The van der Waals surface area contributed by atoms with Gasteiger partial charge in [0.2, 0.25) is 3.79 Å². The van der Waals surface area contributed by atoms with E-state index in [0.717, 1.165) is 25.9 Å². The van der Waals surface area contributed by atoms with Gasteiger partial charge in [0.1, 0.15) is 0 Å². The minimum Gasteiger partial charge on any atom is -0.395 e. The van der Waals surface area contributed by atoms with E-state index in [1.54, 1.807) is 6.07 Å². The molecule has 4 aromatic rings. The number of sulfone groups is 2. The molecule has 0 spiro atoms. The Morgan fingerprint density at radius 1 is 0.913 bits per heavy atom. The van der Waals surface area contributed by atoms with Crippen LogP contribution in [0.5, 0.6) is 0 Å². The molecule has 2 aromatic heterocycles. The molecule has 0 radical (unpaired) electrons. The monoisotopic (exact) mass is 736 g/mol. The van der Waals surface area contributed by atoms with Crippen molar-refractivity contribution in [3.63, 3.8) is 0 Å². The minimum atomic E-state index is -3.55. The zero-order chi connectivity index (χ0) is 33.9. The van der Waals surface area contributed by atoms with E-state index in [0.29, 0.717) is 28.1 Å². The molecule has 0 bridgehead atoms. The summed E-state index contributed by atoms with van der Waals surface area (Å²) in [5.74, 6) is -0.676. The summed E-state index contributed by atoms with van der Waals surface area (Å²) in [6.07, 6.45) is 1.79. The van der Waals surface area contributed by atoms with Crippen LogP contribution in [0.1, 0.15) is 43.1 Å². The van der Waals surface area contributed by atoms with Crippen LogP contribution in [-0.2, 0) is 23.5 Å². The van der Waals surface area contributed by atoms with Crippen LogP contribution in [0.2, 0.25) is 0 Å². The molecule has 5 N–H and O–H groups in total. The summed E-state index contributed by atoms with van der Waals surface area (Å²) < 4.78 is 46.1. The Labute approximate surface area is 281 Å². The van der Waals surface area contributed by atoms with Crippen molar-refractivity contribution in [1.82, 2.24) is 30.2 Å².